The molecule has 0 bridgehead atoms. The van der Waals surface area contributed by atoms with Crippen LogP contribution in [0.3, 0.4) is 0 Å². The van der Waals surface area contributed by atoms with E-state index < -0.39 is 0 Å². The van der Waals surface area contributed by atoms with Gasteiger partial charge in [-0.3, -0.25) is 10.1 Å². The van der Waals surface area contributed by atoms with Crippen molar-refractivity contribution in [2.45, 2.75) is 19.8 Å². The van der Waals surface area contributed by atoms with Gasteiger partial charge < -0.3 is 4.74 Å². The Morgan fingerprint density at radius 1 is 1.56 bits per heavy atom. The zero-order valence-electron chi connectivity index (χ0n) is 9.07. The molecule has 1 N–H and O–H groups in total. The maximum absolute atomic E-state index is 11.4. The molecule has 6 heteroatoms. The molecule has 0 fully saturated rings. The Kier molecular flexibility index (Phi) is 5.74. The predicted octanol–water partition coefficient (Wildman–Crippen LogP) is 1.89. The number of hydrogen-bond acceptors (Lipinski definition) is 4. The molecular formula is C10H14ClN3O2. The van der Waals surface area contributed by atoms with E-state index in [2.05, 4.69) is 15.3 Å². The number of amides is 1. The molecule has 5 nitrogen and oxygen atoms in total. The van der Waals surface area contributed by atoms with Crippen LogP contribution >= 0.6 is 11.6 Å². The molecule has 1 rings (SSSR count). The first-order valence-corrected chi connectivity index (χ1v) is 5.46. The lowest BCUT2D eigenvalue weighted by Gasteiger charge is -2.04. The molecule has 0 aliphatic heterocycles. The molecule has 0 aliphatic carbocycles. The molecule has 1 aromatic rings. The van der Waals surface area contributed by atoms with Gasteiger partial charge in [0.2, 0.25) is 11.9 Å². The Labute approximate surface area is 99.2 Å². The van der Waals surface area contributed by atoms with Crippen LogP contribution in [-0.2, 0) is 9.53 Å². The number of aromatic nitrogens is 2. The fraction of sp³-hybridized carbons (Fsp3) is 0.500. The van der Waals surface area contributed by atoms with Crippen molar-refractivity contribution in [1.29, 1.82) is 0 Å². The second-order valence-electron chi connectivity index (χ2n) is 3.11. The van der Waals surface area contributed by atoms with Gasteiger partial charge in [0.1, 0.15) is 5.15 Å². The van der Waals surface area contributed by atoms with E-state index in [-0.39, 0.29) is 18.3 Å². The summed E-state index contributed by atoms with van der Waals surface area (Å²) in [4.78, 5) is 19.1. The van der Waals surface area contributed by atoms with Crippen LogP contribution in [0, 0.1) is 0 Å². The first-order valence-electron chi connectivity index (χ1n) is 5.08. The van der Waals surface area contributed by atoms with Crippen LogP contribution in [0.25, 0.3) is 0 Å². The average Bonchev–Trinajstić information content (AvgIpc) is 2.24. The summed E-state index contributed by atoms with van der Waals surface area (Å²) < 4.78 is 5.19. The number of rotatable bonds is 6. The van der Waals surface area contributed by atoms with Crippen molar-refractivity contribution in [2.24, 2.45) is 0 Å². The first-order chi connectivity index (χ1) is 7.72. The number of halogens is 1. The lowest BCUT2D eigenvalue weighted by atomic mass is 10.4. The van der Waals surface area contributed by atoms with Gasteiger partial charge in [-0.25, -0.2) is 9.97 Å². The van der Waals surface area contributed by atoms with Crippen molar-refractivity contribution in [3.63, 3.8) is 0 Å². The van der Waals surface area contributed by atoms with Crippen LogP contribution < -0.4 is 5.32 Å². The first kappa shape index (κ1) is 12.9. The highest BCUT2D eigenvalue weighted by molar-refractivity contribution is 6.29. The smallest absolute Gasteiger partial charge is 0.230 e. The second kappa shape index (κ2) is 7.14. The summed E-state index contributed by atoms with van der Waals surface area (Å²) in [6.07, 6.45) is 2.72. The minimum Gasteiger partial charge on any atom is -0.381 e. The van der Waals surface area contributed by atoms with Crippen molar-refractivity contribution in [3.8, 4) is 0 Å². The van der Waals surface area contributed by atoms with Crippen LogP contribution in [0.2, 0.25) is 5.15 Å². The van der Waals surface area contributed by atoms with E-state index in [0.717, 1.165) is 6.42 Å². The van der Waals surface area contributed by atoms with E-state index in [1.165, 1.54) is 6.20 Å². The SMILES string of the molecule is CCCOCCC(=O)Nc1nccc(Cl)n1. The van der Waals surface area contributed by atoms with Crippen molar-refractivity contribution < 1.29 is 9.53 Å². The molecule has 0 radical (unpaired) electrons. The fourth-order valence-electron chi connectivity index (χ4n) is 0.995. The molecular weight excluding hydrogens is 230 g/mol. The molecule has 0 saturated carbocycles. The molecule has 1 aromatic heterocycles. The van der Waals surface area contributed by atoms with Gasteiger partial charge in [0.15, 0.2) is 0 Å². The van der Waals surface area contributed by atoms with Gasteiger partial charge in [-0.05, 0) is 12.5 Å². The van der Waals surface area contributed by atoms with Crippen LogP contribution in [0.4, 0.5) is 5.95 Å². The Balaban J connectivity index is 2.29. The standard InChI is InChI=1S/C10H14ClN3O2/c1-2-6-16-7-4-9(15)14-10-12-5-3-8(11)13-10/h3,5H,2,4,6-7H2,1H3,(H,12,13,14,15). The lowest BCUT2D eigenvalue weighted by molar-refractivity contribution is -0.117. The van der Waals surface area contributed by atoms with E-state index >= 15 is 0 Å². The van der Waals surface area contributed by atoms with E-state index in [4.69, 9.17) is 16.3 Å². The Morgan fingerprint density at radius 2 is 2.38 bits per heavy atom. The predicted molar refractivity (Wildman–Crippen MR) is 61.4 cm³/mol. The Bertz CT molecular complexity index is 347. The maximum Gasteiger partial charge on any atom is 0.230 e. The maximum atomic E-state index is 11.4. The number of carbonyl (C=O) groups excluding carboxylic acids is 1. The van der Waals surface area contributed by atoms with E-state index in [1.54, 1.807) is 6.07 Å². The highest BCUT2D eigenvalue weighted by Gasteiger charge is 2.04. The van der Waals surface area contributed by atoms with Crippen molar-refractivity contribution >= 4 is 23.5 Å². The summed E-state index contributed by atoms with van der Waals surface area (Å²) >= 11 is 5.65. The third-order valence-electron chi connectivity index (χ3n) is 1.69. The Hall–Kier alpha value is -1.20. The summed E-state index contributed by atoms with van der Waals surface area (Å²) in [5.74, 6) is 0.0337. The van der Waals surface area contributed by atoms with Crippen LogP contribution in [0.15, 0.2) is 12.3 Å². The highest BCUT2D eigenvalue weighted by atomic mass is 35.5. The van der Waals surface area contributed by atoms with E-state index in [9.17, 15) is 4.79 Å². The zero-order valence-corrected chi connectivity index (χ0v) is 9.83. The van der Waals surface area contributed by atoms with Gasteiger partial charge in [0.05, 0.1) is 13.0 Å². The normalized spacial score (nSPS) is 10.1. The quantitative estimate of drug-likeness (QED) is 0.612. The van der Waals surface area contributed by atoms with Crippen LogP contribution in [0.1, 0.15) is 19.8 Å². The summed E-state index contributed by atoms with van der Waals surface area (Å²) in [6, 6.07) is 1.54. The third-order valence-corrected chi connectivity index (χ3v) is 1.91. The number of anilines is 1. The number of carbonyl (C=O) groups is 1. The van der Waals surface area contributed by atoms with Crippen LogP contribution in [0.5, 0.6) is 0 Å². The summed E-state index contributed by atoms with van der Waals surface area (Å²) in [6.45, 7) is 3.08. The van der Waals surface area contributed by atoms with Crippen molar-refractivity contribution in [2.75, 3.05) is 18.5 Å². The molecule has 0 spiro atoms. The Morgan fingerprint density at radius 3 is 3.06 bits per heavy atom. The van der Waals surface area contributed by atoms with Gasteiger partial charge in [-0.1, -0.05) is 18.5 Å². The van der Waals surface area contributed by atoms with Gasteiger partial charge in [0, 0.05) is 12.8 Å². The summed E-state index contributed by atoms with van der Waals surface area (Å²) in [5, 5.41) is 2.83. The van der Waals surface area contributed by atoms with Gasteiger partial charge in [-0.15, -0.1) is 0 Å². The molecule has 0 saturated heterocycles. The van der Waals surface area contributed by atoms with Crippen molar-refractivity contribution in [1.82, 2.24) is 9.97 Å². The number of nitrogens with one attached hydrogen (secondary N) is 1. The molecule has 16 heavy (non-hydrogen) atoms. The minimum absolute atomic E-state index is 0.182. The number of ether oxygens (including phenoxy) is 1. The second-order valence-corrected chi connectivity index (χ2v) is 3.50. The molecule has 0 aromatic carbocycles. The molecule has 0 atom stereocenters. The fourth-order valence-corrected chi connectivity index (χ4v) is 1.13. The van der Waals surface area contributed by atoms with E-state index in [1.807, 2.05) is 6.92 Å². The van der Waals surface area contributed by atoms with Gasteiger partial charge in [0.25, 0.3) is 0 Å². The van der Waals surface area contributed by atoms with E-state index in [0.29, 0.717) is 18.4 Å². The minimum atomic E-state index is -0.182. The topological polar surface area (TPSA) is 64.1 Å². The highest BCUT2D eigenvalue weighted by Crippen LogP contribution is 2.05. The van der Waals surface area contributed by atoms with Crippen molar-refractivity contribution in [3.05, 3.63) is 17.4 Å². The molecule has 1 heterocycles. The van der Waals surface area contributed by atoms with Gasteiger partial charge in [-0.2, -0.15) is 0 Å². The lowest BCUT2D eigenvalue weighted by Crippen LogP contribution is -2.16. The molecule has 0 aliphatic rings. The summed E-state index contributed by atoms with van der Waals surface area (Å²) in [5.41, 5.74) is 0. The number of hydrogen-bond donors (Lipinski definition) is 1. The molecule has 88 valence electrons. The molecule has 0 unspecified atom stereocenters. The zero-order chi connectivity index (χ0) is 11.8. The van der Waals surface area contributed by atoms with Crippen LogP contribution in [-0.4, -0.2) is 29.1 Å². The number of nitrogens with zero attached hydrogens (tertiary/aromatic N) is 2. The summed E-state index contributed by atoms with van der Waals surface area (Å²) in [7, 11) is 0. The van der Waals surface area contributed by atoms with Gasteiger partial charge >= 0.3 is 0 Å². The average molecular weight is 244 g/mol. The molecule has 1 amide bonds. The third kappa shape index (κ3) is 5.04. The monoisotopic (exact) mass is 243 g/mol. The largest absolute Gasteiger partial charge is 0.381 e.